The quantitative estimate of drug-likeness (QED) is 0.378. The zero-order valence-electron chi connectivity index (χ0n) is 16.9. The number of benzene rings is 2. The molecular formula is C23H23ClN2O4. The lowest BCUT2D eigenvalue weighted by molar-refractivity contribution is -0.120. The Balaban J connectivity index is 1.78. The van der Waals surface area contributed by atoms with Crippen LogP contribution >= 0.6 is 11.6 Å². The predicted octanol–water partition coefficient (Wildman–Crippen LogP) is 4.64. The van der Waals surface area contributed by atoms with Crippen LogP contribution in [-0.2, 0) is 20.7 Å². The first-order valence-electron chi connectivity index (χ1n) is 9.88. The molecule has 1 aliphatic heterocycles. The molecule has 2 amide bonds. The third kappa shape index (κ3) is 4.54. The lowest BCUT2D eigenvalue weighted by Gasteiger charge is -2.15. The average Bonchev–Trinajstić information content (AvgIpc) is 2.97. The van der Waals surface area contributed by atoms with E-state index in [1.807, 2.05) is 26.0 Å². The lowest BCUT2D eigenvalue weighted by Crippen LogP contribution is -2.32. The van der Waals surface area contributed by atoms with E-state index in [0.717, 1.165) is 29.7 Å². The predicted molar refractivity (Wildman–Crippen MR) is 116 cm³/mol. The van der Waals surface area contributed by atoms with Gasteiger partial charge in [-0.1, -0.05) is 50.1 Å². The zero-order chi connectivity index (χ0) is 21.7. The summed E-state index contributed by atoms with van der Waals surface area (Å²) in [6.45, 7) is 4.38. The molecule has 0 aromatic heterocycles. The fourth-order valence-electron chi connectivity index (χ4n) is 2.99. The summed E-state index contributed by atoms with van der Waals surface area (Å²) in [5.74, 6) is -1.59. The van der Waals surface area contributed by atoms with E-state index in [-0.39, 0.29) is 10.7 Å². The van der Waals surface area contributed by atoms with Gasteiger partial charge in [-0.2, -0.15) is 0 Å². The van der Waals surface area contributed by atoms with Crippen molar-refractivity contribution in [2.45, 2.75) is 33.1 Å². The summed E-state index contributed by atoms with van der Waals surface area (Å²) in [6.07, 6.45) is 2.57. The zero-order valence-corrected chi connectivity index (χ0v) is 17.7. The number of hydrogen-bond donors (Lipinski definition) is 1. The maximum Gasteiger partial charge on any atom is 0.338 e. The van der Waals surface area contributed by atoms with E-state index in [1.54, 1.807) is 36.4 Å². The molecule has 0 aliphatic carbocycles. The van der Waals surface area contributed by atoms with E-state index in [4.69, 9.17) is 16.3 Å². The van der Waals surface area contributed by atoms with Gasteiger partial charge in [0.25, 0.3) is 11.8 Å². The molecule has 6 nitrogen and oxygen atoms in total. The van der Waals surface area contributed by atoms with E-state index in [1.165, 1.54) is 0 Å². The number of hydrogen-bond acceptors (Lipinski definition) is 5. The van der Waals surface area contributed by atoms with Gasteiger partial charge in [0, 0.05) is 5.69 Å². The van der Waals surface area contributed by atoms with Crippen LogP contribution < -0.4 is 10.2 Å². The Hall–Kier alpha value is -3.12. The summed E-state index contributed by atoms with van der Waals surface area (Å²) in [7, 11) is 0. The van der Waals surface area contributed by atoms with Crippen LogP contribution in [0.15, 0.2) is 59.3 Å². The number of amides is 2. The first-order valence-corrected chi connectivity index (χ1v) is 10.3. The van der Waals surface area contributed by atoms with E-state index in [2.05, 4.69) is 5.32 Å². The van der Waals surface area contributed by atoms with Crippen LogP contribution in [0.3, 0.4) is 0 Å². The SMILES string of the molecule is CCCCOC(=O)c1cccc(NC2=C(Cl)C(=O)N(c3ccc(CC)cc3)C2=O)c1. The van der Waals surface area contributed by atoms with Gasteiger partial charge in [0.15, 0.2) is 0 Å². The van der Waals surface area contributed by atoms with Crippen molar-refractivity contribution in [3.8, 4) is 0 Å². The summed E-state index contributed by atoms with van der Waals surface area (Å²) in [5.41, 5.74) is 2.31. The highest BCUT2D eigenvalue weighted by Gasteiger charge is 2.38. The van der Waals surface area contributed by atoms with Gasteiger partial charge in [0.2, 0.25) is 0 Å². The molecule has 0 unspecified atom stereocenters. The number of esters is 1. The Kier molecular flexibility index (Phi) is 6.90. The topological polar surface area (TPSA) is 75.7 Å². The van der Waals surface area contributed by atoms with Crippen LogP contribution in [0.25, 0.3) is 0 Å². The monoisotopic (exact) mass is 426 g/mol. The molecule has 0 radical (unpaired) electrons. The van der Waals surface area contributed by atoms with Crippen LogP contribution in [0.5, 0.6) is 0 Å². The van der Waals surface area contributed by atoms with E-state index in [0.29, 0.717) is 23.5 Å². The number of nitrogens with zero attached hydrogens (tertiary/aromatic N) is 1. The van der Waals surface area contributed by atoms with Crippen molar-refractivity contribution in [1.29, 1.82) is 0 Å². The molecule has 1 N–H and O–H groups in total. The second-order valence-corrected chi connectivity index (χ2v) is 7.23. The van der Waals surface area contributed by atoms with Crippen LogP contribution in [0, 0.1) is 0 Å². The Morgan fingerprint density at radius 1 is 1.07 bits per heavy atom. The first kappa shape index (κ1) is 21.6. The normalized spacial score (nSPS) is 13.8. The van der Waals surface area contributed by atoms with Crippen LogP contribution in [0.2, 0.25) is 0 Å². The Morgan fingerprint density at radius 2 is 1.80 bits per heavy atom. The number of halogens is 1. The van der Waals surface area contributed by atoms with Crippen molar-refractivity contribution in [2.75, 3.05) is 16.8 Å². The lowest BCUT2D eigenvalue weighted by atomic mass is 10.1. The molecule has 0 atom stereocenters. The molecule has 0 spiro atoms. The highest BCUT2D eigenvalue weighted by Crippen LogP contribution is 2.30. The highest BCUT2D eigenvalue weighted by molar-refractivity contribution is 6.53. The molecule has 7 heteroatoms. The number of anilines is 2. The second kappa shape index (κ2) is 9.59. The van der Waals surface area contributed by atoms with Gasteiger partial charge < -0.3 is 10.1 Å². The molecule has 1 aliphatic rings. The van der Waals surface area contributed by atoms with Crippen molar-refractivity contribution in [1.82, 2.24) is 0 Å². The number of imide groups is 1. The average molecular weight is 427 g/mol. The molecular weight excluding hydrogens is 404 g/mol. The molecule has 1 heterocycles. The highest BCUT2D eigenvalue weighted by atomic mass is 35.5. The molecule has 156 valence electrons. The van der Waals surface area contributed by atoms with Crippen LogP contribution in [-0.4, -0.2) is 24.4 Å². The van der Waals surface area contributed by atoms with Crippen molar-refractivity contribution < 1.29 is 19.1 Å². The standard InChI is InChI=1S/C23H23ClN2O4/c1-3-5-13-30-23(29)16-7-6-8-17(14-16)25-20-19(24)21(27)26(22(20)28)18-11-9-15(4-2)10-12-18/h6-12,14,25H,3-5,13H2,1-2H3. The fourth-order valence-corrected chi connectivity index (χ4v) is 3.20. The van der Waals surface area contributed by atoms with Crippen LogP contribution in [0.1, 0.15) is 42.6 Å². The number of nitrogens with one attached hydrogen (secondary N) is 1. The third-order valence-electron chi connectivity index (χ3n) is 4.73. The van der Waals surface area contributed by atoms with Gasteiger partial charge in [-0.05, 0) is 48.7 Å². The van der Waals surface area contributed by atoms with E-state index >= 15 is 0 Å². The molecule has 2 aromatic rings. The van der Waals surface area contributed by atoms with Gasteiger partial charge in [-0.15, -0.1) is 0 Å². The number of rotatable bonds is 8. The molecule has 0 fully saturated rings. The first-order chi connectivity index (χ1) is 14.5. The Bertz CT molecular complexity index is 999. The van der Waals surface area contributed by atoms with Crippen molar-refractivity contribution in [3.05, 3.63) is 70.4 Å². The summed E-state index contributed by atoms with van der Waals surface area (Å²) < 4.78 is 5.21. The van der Waals surface area contributed by atoms with Crippen LogP contribution in [0.4, 0.5) is 11.4 Å². The number of ether oxygens (including phenoxy) is 1. The number of aryl methyl sites for hydroxylation is 1. The molecule has 0 bridgehead atoms. The van der Waals surface area contributed by atoms with Gasteiger partial charge in [-0.3, -0.25) is 9.59 Å². The molecule has 30 heavy (non-hydrogen) atoms. The number of carbonyl (C=O) groups excluding carboxylic acids is 3. The molecule has 3 rings (SSSR count). The minimum Gasteiger partial charge on any atom is -0.462 e. The van der Waals surface area contributed by atoms with Crippen molar-refractivity contribution in [2.24, 2.45) is 0 Å². The maximum atomic E-state index is 12.9. The fraction of sp³-hybridized carbons (Fsp3) is 0.261. The number of carbonyl (C=O) groups is 3. The summed E-state index contributed by atoms with van der Waals surface area (Å²) in [5, 5.41) is 2.68. The van der Waals surface area contributed by atoms with E-state index < -0.39 is 17.8 Å². The van der Waals surface area contributed by atoms with Gasteiger partial charge >= 0.3 is 5.97 Å². The Morgan fingerprint density at radius 3 is 2.47 bits per heavy atom. The van der Waals surface area contributed by atoms with Crippen molar-refractivity contribution in [3.63, 3.8) is 0 Å². The largest absolute Gasteiger partial charge is 0.462 e. The molecule has 0 saturated carbocycles. The van der Waals surface area contributed by atoms with Gasteiger partial charge in [0.1, 0.15) is 10.7 Å². The van der Waals surface area contributed by atoms with Gasteiger partial charge in [-0.25, -0.2) is 9.69 Å². The van der Waals surface area contributed by atoms with Gasteiger partial charge in [0.05, 0.1) is 17.9 Å². The Labute approximate surface area is 180 Å². The third-order valence-corrected chi connectivity index (χ3v) is 5.08. The van der Waals surface area contributed by atoms with Crippen molar-refractivity contribution >= 4 is 40.8 Å². The number of unbranched alkanes of at least 4 members (excludes halogenated alkanes) is 1. The van der Waals surface area contributed by atoms with E-state index in [9.17, 15) is 14.4 Å². The second-order valence-electron chi connectivity index (χ2n) is 6.85. The summed E-state index contributed by atoms with van der Waals surface area (Å²) in [6, 6.07) is 13.7. The molecule has 2 aromatic carbocycles. The summed E-state index contributed by atoms with van der Waals surface area (Å²) in [4.78, 5) is 38.7. The minimum absolute atomic E-state index is 0.0299. The minimum atomic E-state index is -0.594. The summed E-state index contributed by atoms with van der Waals surface area (Å²) >= 11 is 6.18. The molecule has 0 saturated heterocycles. The maximum absolute atomic E-state index is 12.9. The smallest absolute Gasteiger partial charge is 0.338 e.